The van der Waals surface area contributed by atoms with Gasteiger partial charge in [0.15, 0.2) is 5.78 Å². The zero-order valence-corrected chi connectivity index (χ0v) is 11.1. The number of aryl methyl sites for hydroxylation is 1. The minimum absolute atomic E-state index is 0.0890. The lowest BCUT2D eigenvalue weighted by Gasteiger charge is -2.19. The van der Waals surface area contributed by atoms with Crippen LogP contribution in [-0.2, 0) is 18.3 Å². The van der Waals surface area contributed by atoms with Crippen LogP contribution < -0.4 is 0 Å². The maximum Gasteiger partial charge on any atom is 0.170 e. The Morgan fingerprint density at radius 1 is 1.37 bits per heavy atom. The van der Waals surface area contributed by atoms with E-state index in [1.165, 1.54) is 0 Å². The van der Waals surface area contributed by atoms with Crippen LogP contribution in [0, 0.1) is 0 Å². The lowest BCUT2D eigenvalue weighted by molar-refractivity contribution is -0.136. The van der Waals surface area contributed by atoms with E-state index >= 15 is 0 Å². The van der Waals surface area contributed by atoms with Crippen molar-refractivity contribution in [2.45, 2.75) is 37.7 Å². The maximum atomic E-state index is 12.3. The van der Waals surface area contributed by atoms with Gasteiger partial charge in [-0.25, -0.2) is 0 Å². The molecule has 2 aromatic rings. The first-order valence-electron chi connectivity index (χ1n) is 6.76. The number of hydrogen-bond acceptors (Lipinski definition) is 3. The van der Waals surface area contributed by atoms with E-state index in [4.69, 9.17) is 0 Å². The number of nitrogens with zero attached hydrogens (tertiary/aromatic N) is 2. The number of rotatable bonds is 3. The van der Waals surface area contributed by atoms with E-state index in [1.807, 2.05) is 31.3 Å². The van der Waals surface area contributed by atoms with Crippen LogP contribution in [0.4, 0.5) is 0 Å². The van der Waals surface area contributed by atoms with Crippen molar-refractivity contribution >= 4 is 16.7 Å². The SMILES string of the molecule is Cn1nc(CC(=O)C2(O)CCCC2)c2ccccc21. The average molecular weight is 258 g/mol. The number of aromatic nitrogens is 2. The number of Topliss-reactive ketones (excluding diaryl/α,β-unsaturated/α-hetero) is 1. The van der Waals surface area contributed by atoms with Crippen molar-refractivity contribution in [1.82, 2.24) is 9.78 Å². The number of fused-ring (bicyclic) bond motifs is 1. The Balaban J connectivity index is 1.91. The summed E-state index contributed by atoms with van der Waals surface area (Å²) in [6.07, 6.45) is 3.28. The van der Waals surface area contributed by atoms with E-state index in [1.54, 1.807) is 4.68 Å². The molecule has 0 aliphatic heterocycles. The molecule has 1 N–H and O–H groups in total. The Bertz CT molecular complexity index is 624. The lowest BCUT2D eigenvalue weighted by Crippen LogP contribution is -2.36. The van der Waals surface area contributed by atoms with Crippen LogP contribution in [0.25, 0.3) is 10.9 Å². The summed E-state index contributed by atoms with van der Waals surface area (Å²) in [5.41, 5.74) is 0.672. The predicted molar refractivity (Wildman–Crippen MR) is 72.8 cm³/mol. The fourth-order valence-corrected chi connectivity index (χ4v) is 2.97. The Labute approximate surface area is 112 Å². The van der Waals surface area contributed by atoms with Gasteiger partial charge in [-0.05, 0) is 31.7 Å². The van der Waals surface area contributed by atoms with Gasteiger partial charge in [0.25, 0.3) is 0 Å². The fraction of sp³-hybridized carbons (Fsp3) is 0.467. The summed E-state index contributed by atoms with van der Waals surface area (Å²) in [7, 11) is 1.88. The first-order valence-corrected chi connectivity index (χ1v) is 6.76. The first-order chi connectivity index (χ1) is 9.10. The predicted octanol–water partition coefficient (Wildman–Crippen LogP) is 1.99. The smallest absolute Gasteiger partial charge is 0.170 e. The summed E-state index contributed by atoms with van der Waals surface area (Å²) in [6.45, 7) is 0. The summed E-state index contributed by atoms with van der Waals surface area (Å²) in [5.74, 6) is -0.0890. The van der Waals surface area contributed by atoms with Gasteiger partial charge in [0.1, 0.15) is 5.60 Å². The van der Waals surface area contributed by atoms with Gasteiger partial charge in [-0.2, -0.15) is 5.10 Å². The van der Waals surface area contributed by atoms with Crippen LogP contribution in [0.1, 0.15) is 31.4 Å². The van der Waals surface area contributed by atoms with Gasteiger partial charge < -0.3 is 5.11 Å². The first kappa shape index (κ1) is 12.4. The van der Waals surface area contributed by atoms with E-state index < -0.39 is 5.60 Å². The molecule has 1 heterocycles. The number of hydrogen-bond donors (Lipinski definition) is 1. The van der Waals surface area contributed by atoms with Gasteiger partial charge in [-0.15, -0.1) is 0 Å². The summed E-state index contributed by atoms with van der Waals surface area (Å²) >= 11 is 0. The molecule has 100 valence electrons. The standard InChI is InChI=1S/C15H18N2O2/c1-17-13-7-3-2-6-11(13)12(16-17)10-14(18)15(19)8-4-5-9-15/h2-3,6-7,19H,4-5,8-10H2,1H3. The van der Waals surface area contributed by atoms with Gasteiger partial charge in [-0.1, -0.05) is 18.2 Å². The lowest BCUT2D eigenvalue weighted by atomic mass is 9.93. The van der Waals surface area contributed by atoms with Crippen LogP contribution in [0.3, 0.4) is 0 Å². The van der Waals surface area contributed by atoms with Crippen molar-refractivity contribution in [3.8, 4) is 0 Å². The molecule has 19 heavy (non-hydrogen) atoms. The molecule has 0 spiro atoms. The summed E-state index contributed by atoms with van der Waals surface area (Å²) in [4.78, 5) is 12.3. The van der Waals surface area contributed by atoms with Crippen LogP contribution in [0.2, 0.25) is 0 Å². The second-order valence-corrected chi connectivity index (χ2v) is 5.43. The quantitative estimate of drug-likeness (QED) is 0.916. The monoisotopic (exact) mass is 258 g/mol. The molecule has 4 heteroatoms. The molecule has 1 aliphatic carbocycles. The molecule has 1 fully saturated rings. The molecule has 4 nitrogen and oxygen atoms in total. The van der Waals surface area contributed by atoms with Gasteiger partial charge >= 0.3 is 0 Å². The Morgan fingerprint density at radius 2 is 2.05 bits per heavy atom. The van der Waals surface area contributed by atoms with Crippen molar-refractivity contribution < 1.29 is 9.90 Å². The molecule has 0 saturated heterocycles. The topological polar surface area (TPSA) is 55.1 Å². The Hall–Kier alpha value is -1.68. The Kier molecular flexibility index (Phi) is 2.90. The summed E-state index contributed by atoms with van der Waals surface area (Å²) in [6, 6.07) is 7.87. The van der Waals surface area contributed by atoms with Gasteiger partial charge in [0.05, 0.1) is 17.6 Å². The zero-order valence-electron chi connectivity index (χ0n) is 11.1. The highest BCUT2D eigenvalue weighted by Crippen LogP contribution is 2.31. The zero-order chi connectivity index (χ0) is 13.5. The van der Waals surface area contributed by atoms with Crippen molar-refractivity contribution in [3.05, 3.63) is 30.0 Å². The second kappa shape index (κ2) is 4.46. The number of carbonyl (C=O) groups is 1. The third-order valence-electron chi connectivity index (χ3n) is 4.11. The normalized spacial score (nSPS) is 18.0. The van der Waals surface area contributed by atoms with Crippen LogP contribution in [0.5, 0.6) is 0 Å². The molecule has 1 aliphatic rings. The molecule has 0 bridgehead atoms. The molecule has 0 radical (unpaired) electrons. The summed E-state index contributed by atoms with van der Waals surface area (Å²) in [5, 5.41) is 15.7. The van der Waals surface area contributed by atoms with E-state index in [2.05, 4.69) is 5.10 Å². The van der Waals surface area contributed by atoms with Crippen molar-refractivity contribution in [3.63, 3.8) is 0 Å². The largest absolute Gasteiger partial charge is 0.382 e. The minimum atomic E-state index is -1.11. The molecule has 1 aromatic carbocycles. The van der Waals surface area contributed by atoms with E-state index in [9.17, 15) is 9.90 Å². The van der Waals surface area contributed by atoms with Crippen molar-refractivity contribution in [1.29, 1.82) is 0 Å². The highest BCUT2D eigenvalue weighted by Gasteiger charge is 2.38. The second-order valence-electron chi connectivity index (χ2n) is 5.43. The molecule has 0 amide bonds. The molecular formula is C15H18N2O2. The van der Waals surface area contributed by atoms with Crippen molar-refractivity contribution in [2.24, 2.45) is 7.05 Å². The molecule has 3 rings (SSSR count). The number of ketones is 1. The molecule has 0 unspecified atom stereocenters. The van der Waals surface area contributed by atoms with E-state index in [0.29, 0.717) is 12.8 Å². The molecular weight excluding hydrogens is 240 g/mol. The van der Waals surface area contributed by atoms with Crippen molar-refractivity contribution in [2.75, 3.05) is 0 Å². The number of para-hydroxylation sites is 1. The van der Waals surface area contributed by atoms with Crippen LogP contribution in [-0.4, -0.2) is 26.3 Å². The number of carbonyl (C=O) groups excluding carboxylic acids is 1. The number of benzene rings is 1. The maximum absolute atomic E-state index is 12.3. The van der Waals surface area contributed by atoms with Gasteiger partial charge in [0.2, 0.25) is 0 Å². The third kappa shape index (κ3) is 2.06. The average Bonchev–Trinajstić information content (AvgIpc) is 2.97. The molecule has 1 aromatic heterocycles. The van der Waals surface area contributed by atoms with Crippen LogP contribution in [0.15, 0.2) is 24.3 Å². The summed E-state index contributed by atoms with van der Waals surface area (Å²) < 4.78 is 1.79. The Morgan fingerprint density at radius 3 is 2.79 bits per heavy atom. The molecule has 1 saturated carbocycles. The van der Waals surface area contributed by atoms with E-state index in [-0.39, 0.29) is 12.2 Å². The fourth-order valence-electron chi connectivity index (χ4n) is 2.97. The highest BCUT2D eigenvalue weighted by atomic mass is 16.3. The minimum Gasteiger partial charge on any atom is -0.382 e. The van der Waals surface area contributed by atoms with Gasteiger partial charge in [0, 0.05) is 12.4 Å². The van der Waals surface area contributed by atoms with Crippen LogP contribution >= 0.6 is 0 Å². The van der Waals surface area contributed by atoms with E-state index in [0.717, 1.165) is 29.4 Å². The van der Waals surface area contributed by atoms with Gasteiger partial charge in [-0.3, -0.25) is 9.48 Å². The third-order valence-corrected chi connectivity index (χ3v) is 4.11. The highest BCUT2D eigenvalue weighted by molar-refractivity contribution is 5.93. The number of aliphatic hydroxyl groups is 1. The molecule has 0 atom stereocenters.